The summed E-state index contributed by atoms with van der Waals surface area (Å²) in [6, 6.07) is 68.3. The van der Waals surface area contributed by atoms with Gasteiger partial charge in [0.25, 0.3) is 0 Å². The van der Waals surface area contributed by atoms with Gasteiger partial charge in [-0.1, -0.05) is 121 Å². The summed E-state index contributed by atoms with van der Waals surface area (Å²) >= 11 is 0. The molecule has 258 valence electrons. The average Bonchev–Trinajstić information content (AvgIpc) is 3.78. The molecule has 0 radical (unpaired) electrons. The number of fused-ring (bicyclic) bond motifs is 6. The molecule has 0 saturated heterocycles. The molecule has 11 rings (SSSR count). The Hall–Kier alpha value is -7.92. The lowest BCUT2D eigenvalue weighted by molar-refractivity contribution is 1.30. The van der Waals surface area contributed by atoms with Crippen molar-refractivity contribution < 1.29 is 0 Å². The van der Waals surface area contributed by atoms with Gasteiger partial charge in [-0.2, -0.15) is 10.5 Å². The van der Waals surface area contributed by atoms with Gasteiger partial charge in [0.05, 0.1) is 22.5 Å². The first kappa shape index (κ1) is 31.6. The van der Waals surface area contributed by atoms with Crippen molar-refractivity contribution in [3.8, 4) is 12.1 Å². The third-order valence-corrected chi connectivity index (χ3v) is 11.4. The van der Waals surface area contributed by atoms with Gasteiger partial charge in [0.2, 0.25) is 0 Å². The zero-order valence-corrected chi connectivity index (χ0v) is 30.1. The number of rotatable bonds is 6. The Balaban J connectivity index is 1.24. The van der Waals surface area contributed by atoms with Crippen LogP contribution in [0.4, 0.5) is 34.1 Å². The van der Waals surface area contributed by atoms with Gasteiger partial charge >= 0.3 is 0 Å². The van der Waals surface area contributed by atoms with Crippen molar-refractivity contribution >= 4 is 98.8 Å². The summed E-state index contributed by atoms with van der Waals surface area (Å²) in [5, 5.41) is 34.0. The maximum atomic E-state index is 11.2. The number of nitriles is 2. The van der Waals surface area contributed by atoms with Gasteiger partial charge in [-0.05, 0) is 93.0 Å². The van der Waals surface area contributed by atoms with Crippen molar-refractivity contribution in [1.29, 1.82) is 10.5 Å². The minimum atomic E-state index is 0.607. The van der Waals surface area contributed by atoms with E-state index in [1.54, 1.807) is 0 Å². The minimum Gasteiger partial charge on any atom is -0.310 e. The molecule has 0 atom stereocenters. The Labute approximate surface area is 323 Å². The van der Waals surface area contributed by atoms with Gasteiger partial charge in [-0.15, -0.1) is 0 Å². The number of nitrogens with zero attached hydrogens (tertiary/aromatic N) is 4. The molecular formula is C52H30N4. The lowest BCUT2D eigenvalue weighted by Gasteiger charge is -2.27. The predicted molar refractivity (Wildman–Crippen MR) is 233 cm³/mol. The largest absolute Gasteiger partial charge is 0.310 e. The zero-order chi connectivity index (χ0) is 37.3. The van der Waals surface area contributed by atoms with Gasteiger partial charge in [-0.3, -0.25) is 0 Å². The fourth-order valence-electron chi connectivity index (χ4n) is 9.22. The summed E-state index contributed by atoms with van der Waals surface area (Å²) < 4.78 is 0. The Morgan fingerprint density at radius 1 is 0.268 bits per heavy atom. The molecule has 0 amide bonds. The topological polar surface area (TPSA) is 54.1 Å². The molecule has 0 unspecified atom stereocenters. The Morgan fingerprint density at radius 3 is 0.857 bits per heavy atom. The predicted octanol–water partition coefficient (Wildman–Crippen LogP) is 14.2. The molecule has 0 heterocycles. The molecule has 0 bridgehead atoms. The standard InChI is InChI=1S/C52H30N4/c53-31-43-49-39-25-13-23-37-45(55(33-15-5-1-6-16-33)34-17-7-2-8-18-34)29-27-41(47(37)39)51(49)44(32-54)50-40-26-14-24-38-46(30-28-42(48(38)40)52(43)50)56(35-19-9-3-10-20-35)36-21-11-4-12-22-36/h1-30H. The van der Waals surface area contributed by atoms with Gasteiger partial charge < -0.3 is 9.80 Å². The molecule has 4 heteroatoms. The van der Waals surface area contributed by atoms with E-state index in [1.165, 1.54) is 0 Å². The molecular weight excluding hydrogens is 681 g/mol. The van der Waals surface area contributed by atoms with Gasteiger partial charge in [0.15, 0.2) is 0 Å². The molecule has 4 nitrogen and oxygen atoms in total. The van der Waals surface area contributed by atoms with E-state index in [2.05, 4.69) is 180 Å². The number of para-hydroxylation sites is 4. The number of anilines is 6. The Kier molecular flexibility index (Phi) is 6.95. The van der Waals surface area contributed by atoms with Crippen LogP contribution in [0.1, 0.15) is 11.1 Å². The number of hydrogen-bond donors (Lipinski definition) is 0. The van der Waals surface area contributed by atoms with Crippen molar-refractivity contribution in [3.05, 3.63) is 193 Å². The van der Waals surface area contributed by atoms with Crippen LogP contribution in [0.15, 0.2) is 182 Å². The van der Waals surface area contributed by atoms with Crippen LogP contribution in [0.2, 0.25) is 0 Å². The number of benzene rings is 9. The molecule has 0 spiro atoms. The maximum absolute atomic E-state index is 11.2. The second-order valence-corrected chi connectivity index (χ2v) is 14.2. The van der Waals surface area contributed by atoms with E-state index in [4.69, 9.17) is 0 Å². The summed E-state index contributed by atoms with van der Waals surface area (Å²) in [7, 11) is 0. The van der Waals surface area contributed by atoms with Crippen molar-refractivity contribution in [2.24, 2.45) is 0 Å². The first-order valence-corrected chi connectivity index (χ1v) is 18.7. The molecule has 0 aromatic heterocycles. The molecule has 11 aromatic carbocycles. The summed E-state index contributed by atoms with van der Waals surface area (Å²) in [4.78, 5) is 4.57. The Morgan fingerprint density at radius 2 is 0.554 bits per heavy atom. The fourth-order valence-corrected chi connectivity index (χ4v) is 9.22. The van der Waals surface area contributed by atoms with Crippen molar-refractivity contribution in [1.82, 2.24) is 0 Å². The molecule has 0 fully saturated rings. The molecule has 0 aliphatic rings. The fraction of sp³-hybridized carbons (Fsp3) is 0. The van der Waals surface area contributed by atoms with Crippen molar-refractivity contribution in [2.75, 3.05) is 9.80 Å². The molecule has 0 saturated carbocycles. The van der Waals surface area contributed by atoms with Crippen LogP contribution in [0.3, 0.4) is 0 Å². The minimum absolute atomic E-state index is 0.607. The van der Waals surface area contributed by atoms with Crippen LogP contribution >= 0.6 is 0 Å². The van der Waals surface area contributed by atoms with Crippen LogP contribution in [-0.2, 0) is 0 Å². The maximum Gasteiger partial charge on any atom is 0.100 e. The van der Waals surface area contributed by atoms with Crippen LogP contribution in [-0.4, -0.2) is 0 Å². The average molecular weight is 711 g/mol. The highest BCUT2D eigenvalue weighted by Gasteiger charge is 2.28. The highest BCUT2D eigenvalue weighted by atomic mass is 15.1. The third kappa shape index (κ3) is 4.39. The highest BCUT2D eigenvalue weighted by molar-refractivity contribution is 6.42. The van der Waals surface area contributed by atoms with E-state index in [0.29, 0.717) is 11.1 Å². The second kappa shape index (κ2) is 12.3. The van der Waals surface area contributed by atoms with E-state index >= 15 is 0 Å². The SMILES string of the molecule is N#Cc1c2c3cccc4c(N(c5ccccc5)c5ccccc5)ccc(c2c(C#N)c2c5cccc6c(N(c7ccccc7)c7ccccc7)ccc(c12)c65)c43. The first-order chi connectivity index (χ1) is 27.8. The van der Waals surface area contributed by atoms with E-state index in [9.17, 15) is 10.5 Å². The summed E-state index contributed by atoms with van der Waals surface area (Å²) in [5.41, 5.74) is 7.47. The molecule has 11 aromatic rings. The first-order valence-electron chi connectivity index (χ1n) is 18.7. The van der Waals surface area contributed by atoms with Gasteiger partial charge in [0.1, 0.15) is 12.1 Å². The summed E-state index contributed by atoms with van der Waals surface area (Å²) in [6.07, 6.45) is 0. The van der Waals surface area contributed by atoms with E-state index in [0.717, 1.165) is 98.8 Å². The second-order valence-electron chi connectivity index (χ2n) is 14.2. The van der Waals surface area contributed by atoms with Crippen molar-refractivity contribution in [3.63, 3.8) is 0 Å². The zero-order valence-electron chi connectivity index (χ0n) is 30.1. The molecule has 56 heavy (non-hydrogen) atoms. The lowest BCUT2D eigenvalue weighted by atomic mass is 9.94. The van der Waals surface area contributed by atoms with E-state index in [1.807, 2.05) is 24.3 Å². The number of hydrogen-bond acceptors (Lipinski definition) is 4. The monoisotopic (exact) mass is 710 g/mol. The van der Waals surface area contributed by atoms with Crippen LogP contribution < -0.4 is 9.80 Å². The van der Waals surface area contributed by atoms with Gasteiger partial charge in [-0.25, -0.2) is 0 Å². The quantitative estimate of drug-likeness (QED) is 0.172. The third-order valence-electron chi connectivity index (χ3n) is 11.4. The van der Waals surface area contributed by atoms with Crippen LogP contribution in [0, 0.1) is 22.7 Å². The van der Waals surface area contributed by atoms with E-state index in [-0.39, 0.29) is 0 Å². The lowest BCUT2D eigenvalue weighted by Crippen LogP contribution is -2.10. The molecule has 0 N–H and O–H groups in total. The normalized spacial score (nSPS) is 11.5. The van der Waals surface area contributed by atoms with E-state index < -0.39 is 0 Å². The smallest absolute Gasteiger partial charge is 0.100 e. The van der Waals surface area contributed by atoms with Crippen LogP contribution in [0.5, 0.6) is 0 Å². The Bertz CT molecular complexity index is 3000. The summed E-state index contributed by atoms with van der Waals surface area (Å²) in [6.45, 7) is 0. The van der Waals surface area contributed by atoms with Gasteiger partial charge in [0, 0.05) is 55.1 Å². The van der Waals surface area contributed by atoms with Crippen LogP contribution in [0.25, 0.3) is 64.6 Å². The molecule has 0 aliphatic heterocycles. The summed E-state index contributed by atoms with van der Waals surface area (Å²) in [5.74, 6) is 0. The molecule has 0 aliphatic carbocycles. The highest BCUT2D eigenvalue weighted by Crippen LogP contribution is 2.53. The van der Waals surface area contributed by atoms with Crippen molar-refractivity contribution in [2.45, 2.75) is 0 Å².